The fourth-order valence-electron chi connectivity index (χ4n) is 2.72. The normalized spacial score (nSPS) is 19.3. The molecule has 0 aromatic heterocycles. The van der Waals surface area contributed by atoms with Gasteiger partial charge in [0, 0.05) is 25.7 Å². The number of rotatable bonds is 7. The van der Waals surface area contributed by atoms with E-state index >= 15 is 0 Å². The summed E-state index contributed by atoms with van der Waals surface area (Å²) in [4.78, 5) is 14.8. The molecule has 0 aromatic carbocycles. The fraction of sp³-hybridized carbons (Fsp3) is 0.857. The molecule has 1 amide bonds. The van der Waals surface area contributed by atoms with Crippen LogP contribution in [0.15, 0.2) is 5.16 Å². The van der Waals surface area contributed by atoms with Gasteiger partial charge in [-0.15, -0.1) is 0 Å². The van der Waals surface area contributed by atoms with E-state index in [1.807, 2.05) is 20.8 Å². The Balaban J connectivity index is 2.63. The third kappa shape index (κ3) is 4.31. The van der Waals surface area contributed by atoms with Crippen molar-refractivity contribution in [1.82, 2.24) is 10.2 Å². The largest absolute Gasteiger partial charge is 0.409 e. The number of amidine groups is 1. The second kappa shape index (κ2) is 8.19. The Kier molecular flexibility index (Phi) is 6.91. The van der Waals surface area contributed by atoms with Crippen molar-refractivity contribution in [2.75, 3.05) is 32.8 Å². The van der Waals surface area contributed by atoms with Gasteiger partial charge in [0.1, 0.15) is 5.41 Å². The maximum Gasteiger partial charge on any atom is 0.234 e. The van der Waals surface area contributed by atoms with Gasteiger partial charge >= 0.3 is 0 Å². The van der Waals surface area contributed by atoms with E-state index < -0.39 is 5.41 Å². The van der Waals surface area contributed by atoms with Crippen LogP contribution < -0.4 is 11.1 Å². The van der Waals surface area contributed by atoms with Gasteiger partial charge in [0.25, 0.3) is 0 Å². The number of ether oxygens (including phenoxy) is 1. The molecule has 1 unspecified atom stereocenters. The maximum absolute atomic E-state index is 12.6. The lowest BCUT2D eigenvalue weighted by molar-refractivity contribution is -0.128. The number of carbonyl (C=O) groups excluding carboxylic acids is 1. The van der Waals surface area contributed by atoms with E-state index in [1.54, 1.807) is 0 Å². The van der Waals surface area contributed by atoms with E-state index in [1.165, 1.54) is 0 Å². The van der Waals surface area contributed by atoms with Crippen LogP contribution in [0.1, 0.15) is 33.6 Å². The Bertz CT molecular complexity index is 363. The summed E-state index contributed by atoms with van der Waals surface area (Å²) >= 11 is 0. The van der Waals surface area contributed by atoms with E-state index in [-0.39, 0.29) is 17.8 Å². The van der Waals surface area contributed by atoms with Gasteiger partial charge in [-0.2, -0.15) is 0 Å². The van der Waals surface area contributed by atoms with Crippen molar-refractivity contribution in [3.05, 3.63) is 0 Å². The number of carbonyl (C=O) groups is 1. The molecular weight excluding hydrogens is 272 g/mol. The average Bonchev–Trinajstić information content (AvgIpc) is 2.49. The molecule has 122 valence electrons. The van der Waals surface area contributed by atoms with Crippen LogP contribution in [0.3, 0.4) is 0 Å². The lowest BCUT2D eigenvalue weighted by Crippen LogP contribution is -2.54. The second-order valence-corrected chi connectivity index (χ2v) is 5.56. The number of hydrogen-bond donors (Lipinski definition) is 3. The third-order valence-electron chi connectivity index (χ3n) is 4.25. The maximum atomic E-state index is 12.6. The van der Waals surface area contributed by atoms with Gasteiger partial charge in [0.05, 0.1) is 13.2 Å². The molecule has 1 fully saturated rings. The van der Waals surface area contributed by atoms with E-state index in [0.29, 0.717) is 12.8 Å². The molecule has 1 rings (SSSR count). The molecule has 1 aliphatic rings. The lowest BCUT2D eigenvalue weighted by atomic mass is 9.80. The van der Waals surface area contributed by atoms with Gasteiger partial charge in [0.15, 0.2) is 5.84 Å². The van der Waals surface area contributed by atoms with Gasteiger partial charge in [0.2, 0.25) is 5.91 Å². The summed E-state index contributed by atoms with van der Waals surface area (Å²) in [6, 6.07) is -0.000400. The van der Waals surface area contributed by atoms with E-state index in [0.717, 1.165) is 32.8 Å². The number of amides is 1. The minimum absolute atomic E-state index is 0.000400. The Morgan fingerprint density at radius 1 is 1.43 bits per heavy atom. The van der Waals surface area contributed by atoms with Gasteiger partial charge in [-0.3, -0.25) is 9.69 Å². The highest BCUT2D eigenvalue weighted by atomic mass is 16.5. The third-order valence-corrected chi connectivity index (χ3v) is 4.25. The highest BCUT2D eigenvalue weighted by Crippen LogP contribution is 2.27. The topological polar surface area (TPSA) is 100 Å². The summed E-state index contributed by atoms with van der Waals surface area (Å²) in [5.74, 6) is -0.202. The molecule has 0 bridgehead atoms. The molecule has 0 aliphatic carbocycles. The van der Waals surface area contributed by atoms with Gasteiger partial charge in [-0.25, -0.2) is 0 Å². The number of morpholine rings is 1. The van der Waals surface area contributed by atoms with Crippen molar-refractivity contribution in [2.24, 2.45) is 16.3 Å². The summed E-state index contributed by atoms with van der Waals surface area (Å²) in [7, 11) is 0. The van der Waals surface area contributed by atoms with Gasteiger partial charge in [-0.05, 0) is 19.8 Å². The van der Waals surface area contributed by atoms with Crippen LogP contribution in [0.25, 0.3) is 0 Å². The lowest BCUT2D eigenvalue weighted by Gasteiger charge is -2.33. The van der Waals surface area contributed by atoms with Crippen LogP contribution in [0.5, 0.6) is 0 Å². The first kappa shape index (κ1) is 17.7. The van der Waals surface area contributed by atoms with Crippen molar-refractivity contribution in [2.45, 2.75) is 39.7 Å². The molecule has 1 atom stereocenters. The quantitative estimate of drug-likeness (QED) is 0.273. The molecule has 0 aromatic rings. The molecule has 1 heterocycles. The van der Waals surface area contributed by atoms with Crippen molar-refractivity contribution < 1.29 is 14.7 Å². The molecule has 7 heteroatoms. The smallest absolute Gasteiger partial charge is 0.234 e. The highest BCUT2D eigenvalue weighted by Gasteiger charge is 2.40. The van der Waals surface area contributed by atoms with Crippen LogP contribution in [0, 0.1) is 5.41 Å². The van der Waals surface area contributed by atoms with E-state index in [9.17, 15) is 4.79 Å². The molecule has 0 spiro atoms. The Morgan fingerprint density at radius 2 is 2.00 bits per heavy atom. The summed E-state index contributed by atoms with van der Waals surface area (Å²) in [5, 5.41) is 15.0. The van der Waals surface area contributed by atoms with Crippen molar-refractivity contribution in [3.63, 3.8) is 0 Å². The van der Waals surface area contributed by atoms with Gasteiger partial charge in [-0.1, -0.05) is 19.0 Å². The minimum atomic E-state index is -0.936. The Labute approximate surface area is 126 Å². The molecule has 7 nitrogen and oxygen atoms in total. The Hall–Kier alpha value is -1.34. The zero-order valence-electron chi connectivity index (χ0n) is 13.3. The first-order valence-corrected chi connectivity index (χ1v) is 7.59. The number of hydrogen-bond acceptors (Lipinski definition) is 5. The zero-order chi connectivity index (χ0) is 15.9. The van der Waals surface area contributed by atoms with Crippen LogP contribution >= 0.6 is 0 Å². The van der Waals surface area contributed by atoms with Crippen molar-refractivity contribution >= 4 is 11.7 Å². The first-order chi connectivity index (χ1) is 10.00. The second-order valence-electron chi connectivity index (χ2n) is 5.56. The molecular formula is C14H28N4O3. The first-order valence-electron chi connectivity index (χ1n) is 7.59. The van der Waals surface area contributed by atoms with Crippen LogP contribution in [-0.2, 0) is 9.53 Å². The van der Waals surface area contributed by atoms with Crippen molar-refractivity contribution in [3.8, 4) is 0 Å². The van der Waals surface area contributed by atoms with E-state index in [4.69, 9.17) is 15.7 Å². The highest BCUT2D eigenvalue weighted by molar-refractivity contribution is 6.06. The monoisotopic (exact) mass is 300 g/mol. The molecule has 1 aliphatic heterocycles. The van der Waals surface area contributed by atoms with Crippen LogP contribution in [0.4, 0.5) is 0 Å². The van der Waals surface area contributed by atoms with Crippen LogP contribution in [0.2, 0.25) is 0 Å². The number of nitrogens with zero attached hydrogens (tertiary/aromatic N) is 2. The molecule has 4 N–H and O–H groups in total. The fourth-order valence-corrected chi connectivity index (χ4v) is 2.72. The predicted octanol–water partition coefficient (Wildman–Crippen LogP) is 0.376. The molecule has 21 heavy (non-hydrogen) atoms. The van der Waals surface area contributed by atoms with Gasteiger partial charge < -0.3 is 21.0 Å². The minimum Gasteiger partial charge on any atom is -0.409 e. The van der Waals surface area contributed by atoms with Crippen LogP contribution in [-0.4, -0.2) is 60.7 Å². The predicted molar refractivity (Wildman–Crippen MR) is 81.3 cm³/mol. The Morgan fingerprint density at radius 3 is 2.48 bits per heavy atom. The molecule has 0 radical (unpaired) electrons. The standard InChI is InChI=1S/C14H28N4O3/c1-4-14(5-2,12(15)17-20)13(19)16-11(3)10-18-6-8-21-9-7-18/h11,20H,4-10H2,1-3H3,(H2,15,17)(H,16,19). The molecule has 0 saturated carbocycles. The van der Waals surface area contributed by atoms with E-state index in [2.05, 4.69) is 15.4 Å². The number of oxime groups is 1. The molecule has 1 saturated heterocycles. The summed E-state index contributed by atoms with van der Waals surface area (Å²) < 4.78 is 5.31. The SMILES string of the molecule is CCC(CC)(C(=O)NC(C)CN1CCOCC1)C(N)=NO. The summed E-state index contributed by atoms with van der Waals surface area (Å²) in [5.41, 5.74) is 4.81. The average molecular weight is 300 g/mol. The summed E-state index contributed by atoms with van der Waals surface area (Å²) in [6.45, 7) is 9.71. The number of nitrogens with two attached hydrogens (primary N) is 1. The number of nitrogens with one attached hydrogen (secondary N) is 1. The summed E-state index contributed by atoms with van der Waals surface area (Å²) in [6.07, 6.45) is 0.991. The van der Waals surface area contributed by atoms with Crippen molar-refractivity contribution in [1.29, 1.82) is 0 Å². The zero-order valence-corrected chi connectivity index (χ0v) is 13.3.